The molecule has 1 rings (SSSR count). The molecule has 8 heteroatoms. The first-order valence-corrected chi connectivity index (χ1v) is 5.23. The van der Waals surface area contributed by atoms with E-state index >= 15 is 0 Å². The van der Waals surface area contributed by atoms with Crippen molar-refractivity contribution in [2.75, 3.05) is 0 Å². The smallest absolute Gasteiger partial charge is 0.258 e. The van der Waals surface area contributed by atoms with E-state index in [9.17, 15) is 14.7 Å². The predicted molar refractivity (Wildman–Crippen MR) is 52.7 cm³/mol. The van der Waals surface area contributed by atoms with E-state index in [4.69, 9.17) is 16.5 Å². The van der Waals surface area contributed by atoms with Gasteiger partial charge >= 0.3 is 8.25 Å². The average Bonchev–Trinajstić information content (AvgIpc) is 2.15. The summed E-state index contributed by atoms with van der Waals surface area (Å²) in [6, 6.07) is 3.97. The van der Waals surface area contributed by atoms with E-state index in [2.05, 4.69) is 4.52 Å². The van der Waals surface area contributed by atoms with Gasteiger partial charge in [-0.2, -0.15) is 0 Å². The van der Waals surface area contributed by atoms with Crippen LogP contribution in [-0.4, -0.2) is 9.82 Å². The Bertz CT molecular complexity index is 410. The van der Waals surface area contributed by atoms with Crippen molar-refractivity contribution in [2.24, 2.45) is 0 Å². The zero-order valence-electron chi connectivity index (χ0n) is 7.29. The number of hydrogen-bond acceptors (Lipinski definition) is 4. The van der Waals surface area contributed by atoms with Gasteiger partial charge in [0.2, 0.25) is 0 Å². The number of rotatable bonds is 4. The maximum atomic E-state index is 10.6. The molecule has 1 N–H and O–H groups in total. The minimum atomic E-state index is -2.77. The fraction of sp³-hybridized carbons (Fsp3) is 0.143. The van der Waals surface area contributed by atoms with Crippen LogP contribution in [0.2, 0.25) is 5.02 Å². The first-order chi connectivity index (χ1) is 7.00. The van der Waals surface area contributed by atoms with E-state index in [0.29, 0.717) is 0 Å². The first kappa shape index (κ1) is 12.0. The molecule has 0 saturated heterocycles. The number of nitro benzene ring substituents is 1. The lowest BCUT2D eigenvalue weighted by Gasteiger charge is -1.98. The van der Waals surface area contributed by atoms with Gasteiger partial charge in [0.25, 0.3) is 5.69 Å². The summed E-state index contributed by atoms with van der Waals surface area (Å²) in [6.45, 7) is -0.306. The summed E-state index contributed by atoms with van der Waals surface area (Å²) in [4.78, 5) is 18.3. The molecule has 1 atom stereocenters. The van der Waals surface area contributed by atoms with Crippen molar-refractivity contribution in [1.82, 2.24) is 0 Å². The Morgan fingerprint density at radius 2 is 2.27 bits per heavy atom. The van der Waals surface area contributed by atoms with Crippen molar-refractivity contribution in [3.63, 3.8) is 0 Å². The highest BCUT2D eigenvalue weighted by Gasteiger charge is 2.19. The zero-order chi connectivity index (χ0) is 11.4. The SMILES string of the molecule is O=[N+]([O-])c1cc(Cl)ccc1CO[P+](=O)O. The molecule has 0 aromatic heterocycles. The van der Waals surface area contributed by atoms with E-state index in [-0.39, 0.29) is 22.9 Å². The highest BCUT2D eigenvalue weighted by atomic mass is 35.5. The molecule has 0 spiro atoms. The predicted octanol–water partition coefficient (Wildman–Crippen LogP) is 2.41. The van der Waals surface area contributed by atoms with E-state index in [1.807, 2.05) is 0 Å². The Morgan fingerprint density at radius 3 is 2.80 bits per heavy atom. The van der Waals surface area contributed by atoms with Crippen molar-refractivity contribution in [1.29, 1.82) is 0 Å². The number of nitrogens with zero attached hydrogens (tertiary/aromatic N) is 1. The van der Waals surface area contributed by atoms with Crippen LogP contribution < -0.4 is 0 Å². The minimum Gasteiger partial charge on any atom is -0.258 e. The summed E-state index contributed by atoms with van der Waals surface area (Å²) in [7, 11) is -2.77. The maximum Gasteiger partial charge on any atom is 0.695 e. The molecule has 0 radical (unpaired) electrons. The van der Waals surface area contributed by atoms with Crippen molar-refractivity contribution in [3.8, 4) is 0 Å². The standard InChI is InChI=1S/C7H5ClNO5P/c8-6-2-1-5(4-14-15(12)13)7(3-6)9(10)11/h1-3H,4H2/p+1. The van der Waals surface area contributed by atoms with Gasteiger partial charge in [0.15, 0.2) is 0 Å². The molecule has 0 fully saturated rings. The molecule has 0 bridgehead atoms. The highest BCUT2D eigenvalue weighted by Crippen LogP contribution is 2.26. The molecule has 0 saturated carbocycles. The maximum absolute atomic E-state index is 10.6. The number of nitro groups is 1. The fourth-order valence-electron chi connectivity index (χ4n) is 0.954. The van der Waals surface area contributed by atoms with Crippen LogP contribution in [0.25, 0.3) is 0 Å². The second-order valence-corrected chi connectivity index (χ2v) is 3.71. The zero-order valence-corrected chi connectivity index (χ0v) is 8.94. The van der Waals surface area contributed by atoms with E-state index in [1.54, 1.807) is 0 Å². The largest absolute Gasteiger partial charge is 0.695 e. The molecule has 0 amide bonds. The molecular weight excluding hydrogens is 245 g/mol. The van der Waals surface area contributed by atoms with Crippen molar-refractivity contribution >= 4 is 25.5 Å². The van der Waals surface area contributed by atoms with Gasteiger partial charge in [-0.15, -0.1) is 9.42 Å². The average molecular weight is 251 g/mol. The Labute approximate surface area is 90.5 Å². The van der Waals surface area contributed by atoms with Gasteiger partial charge in [-0.1, -0.05) is 11.6 Å². The quantitative estimate of drug-likeness (QED) is 0.503. The van der Waals surface area contributed by atoms with Gasteiger partial charge in [0, 0.05) is 15.7 Å². The van der Waals surface area contributed by atoms with Gasteiger partial charge in [0.05, 0.1) is 10.5 Å². The molecule has 0 aliphatic carbocycles. The van der Waals surface area contributed by atoms with Crippen LogP contribution in [0, 0.1) is 10.1 Å². The molecular formula is C7H6ClNO5P+. The third-order valence-corrected chi connectivity index (χ3v) is 2.16. The summed E-state index contributed by atoms with van der Waals surface area (Å²) in [5, 5.41) is 10.8. The summed E-state index contributed by atoms with van der Waals surface area (Å²) in [5.74, 6) is 0. The third-order valence-electron chi connectivity index (χ3n) is 1.57. The van der Waals surface area contributed by atoms with Crippen LogP contribution in [0.3, 0.4) is 0 Å². The van der Waals surface area contributed by atoms with Crippen LogP contribution in [0.4, 0.5) is 5.69 Å². The van der Waals surface area contributed by atoms with Crippen LogP contribution in [-0.2, 0) is 15.7 Å². The summed E-state index contributed by atoms with van der Waals surface area (Å²) in [5.41, 5.74) is -0.0406. The second-order valence-electron chi connectivity index (χ2n) is 2.54. The monoisotopic (exact) mass is 250 g/mol. The molecule has 0 heterocycles. The summed E-state index contributed by atoms with van der Waals surface area (Å²) < 4.78 is 14.6. The minimum absolute atomic E-state index is 0.196. The summed E-state index contributed by atoms with van der Waals surface area (Å²) >= 11 is 5.57. The van der Waals surface area contributed by atoms with Crippen LogP contribution in [0.5, 0.6) is 0 Å². The lowest BCUT2D eigenvalue weighted by atomic mass is 10.2. The molecule has 1 aromatic carbocycles. The van der Waals surface area contributed by atoms with Crippen LogP contribution in [0.1, 0.15) is 5.56 Å². The fourth-order valence-corrected chi connectivity index (χ4v) is 1.37. The molecule has 0 aliphatic rings. The van der Waals surface area contributed by atoms with Gasteiger partial charge < -0.3 is 0 Å². The molecule has 80 valence electrons. The molecule has 0 aliphatic heterocycles. The lowest BCUT2D eigenvalue weighted by Crippen LogP contribution is -1.96. The number of benzene rings is 1. The number of halogens is 1. The van der Waals surface area contributed by atoms with Gasteiger partial charge in [-0.25, -0.2) is 0 Å². The summed E-state index contributed by atoms with van der Waals surface area (Å²) in [6.07, 6.45) is 0. The Hall–Kier alpha value is -1.07. The van der Waals surface area contributed by atoms with Crippen LogP contribution >= 0.6 is 19.9 Å². The Morgan fingerprint density at radius 1 is 1.60 bits per heavy atom. The van der Waals surface area contributed by atoms with E-state index in [0.717, 1.165) is 6.07 Å². The topological polar surface area (TPSA) is 89.7 Å². The van der Waals surface area contributed by atoms with Crippen molar-refractivity contribution in [2.45, 2.75) is 6.61 Å². The molecule has 6 nitrogen and oxygen atoms in total. The molecule has 15 heavy (non-hydrogen) atoms. The van der Waals surface area contributed by atoms with Gasteiger partial charge in [-0.05, 0) is 12.1 Å². The normalized spacial score (nSPS) is 11.2. The molecule has 1 unspecified atom stereocenters. The van der Waals surface area contributed by atoms with E-state index in [1.165, 1.54) is 12.1 Å². The first-order valence-electron chi connectivity index (χ1n) is 3.72. The van der Waals surface area contributed by atoms with Crippen molar-refractivity contribution in [3.05, 3.63) is 38.9 Å². The third kappa shape index (κ3) is 3.53. The number of hydrogen-bond donors (Lipinski definition) is 1. The highest BCUT2D eigenvalue weighted by molar-refractivity contribution is 7.32. The van der Waals surface area contributed by atoms with Gasteiger partial charge in [0.1, 0.15) is 6.61 Å². The lowest BCUT2D eigenvalue weighted by molar-refractivity contribution is -0.385. The van der Waals surface area contributed by atoms with Gasteiger partial charge in [-0.3, -0.25) is 10.1 Å². The van der Waals surface area contributed by atoms with Crippen molar-refractivity contribution < 1.29 is 18.9 Å². The Kier molecular flexibility index (Phi) is 4.11. The Balaban J connectivity index is 2.95. The van der Waals surface area contributed by atoms with E-state index < -0.39 is 13.2 Å². The van der Waals surface area contributed by atoms with Crippen LogP contribution in [0.15, 0.2) is 18.2 Å². The second kappa shape index (κ2) is 5.14. The molecule has 1 aromatic rings.